The molecule has 2 N–H and O–H groups in total. The predicted octanol–water partition coefficient (Wildman–Crippen LogP) is 1.22. The number of rotatable bonds is 2. The number of benzene rings is 1. The van der Waals surface area contributed by atoms with Crippen LogP contribution in [-0.4, -0.2) is 33.7 Å². The number of fused-ring (bicyclic) bond motifs is 1. The van der Waals surface area contributed by atoms with Crippen molar-refractivity contribution in [3.8, 4) is 5.75 Å². The lowest BCUT2D eigenvalue weighted by molar-refractivity contribution is -0.143. The zero-order valence-electron chi connectivity index (χ0n) is 9.18. The molecule has 0 saturated carbocycles. The lowest BCUT2D eigenvalue weighted by Crippen LogP contribution is -2.42. The summed E-state index contributed by atoms with van der Waals surface area (Å²) in [6, 6.07) is 4.83. The van der Waals surface area contributed by atoms with Gasteiger partial charge in [-0.25, -0.2) is 0 Å². The van der Waals surface area contributed by atoms with E-state index in [-0.39, 0.29) is 5.75 Å². The number of hydrogen-bond donors (Lipinski definition) is 2. The summed E-state index contributed by atoms with van der Waals surface area (Å²) in [7, 11) is 0. The molecule has 0 saturated heterocycles. The minimum absolute atomic E-state index is 0.239. The summed E-state index contributed by atoms with van der Waals surface area (Å²) in [5, 5.41) is 18.3. The third-order valence-electron chi connectivity index (χ3n) is 3.14. The highest BCUT2D eigenvalue weighted by Crippen LogP contribution is 2.24. The molecule has 0 fully saturated rings. The fourth-order valence-electron chi connectivity index (χ4n) is 2.05. The minimum Gasteiger partial charge on any atom is -0.508 e. The molecule has 4 nitrogen and oxygen atoms in total. The maximum Gasteiger partial charge on any atom is 0.320 e. The first kappa shape index (κ1) is 11.0. The first-order valence-electron chi connectivity index (χ1n) is 5.35. The molecular weight excluding hydrogens is 206 g/mol. The molecule has 0 aromatic heterocycles. The SMILES string of the molecule is CC(C(=O)O)N1CCc2ccc(O)cc2C1. The number of phenols is 1. The van der Waals surface area contributed by atoms with Crippen LogP contribution >= 0.6 is 0 Å². The minimum atomic E-state index is -0.802. The summed E-state index contributed by atoms with van der Waals surface area (Å²) in [6.07, 6.45) is 0.841. The van der Waals surface area contributed by atoms with Crippen molar-refractivity contribution in [1.29, 1.82) is 0 Å². The zero-order valence-corrected chi connectivity index (χ0v) is 9.18. The van der Waals surface area contributed by atoms with Gasteiger partial charge in [0.05, 0.1) is 0 Å². The molecule has 1 aliphatic heterocycles. The second-order valence-corrected chi connectivity index (χ2v) is 4.19. The van der Waals surface area contributed by atoms with Gasteiger partial charge in [-0.1, -0.05) is 6.07 Å². The van der Waals surface area contributed by atoms with Crippen LogP contribution in [0.2, 0.25) is 0 Å². The van der Waals surface area contributed by atoms with Crippen LogP contribution in [0.25, 0.3) is 0 Å². The third kappa shape index (κ3) is 2.02. The maximum atomic E-state index is 10.9. The molecule has 0 bridgehead atoms. The number of aromatic hydroxyl groups is 1. The maximum absolute atomic E-state index is 10.9. The van der Waals surface area contributed by atoms with E-state index >= 15 is 0 Å². The first-order valence-corrected chi connectivity index (χ1v) is 5.35. The fraction of sp³-hybridized carbons (Fsp3) is 0.417. The summed E-state index contributed by atoms with van der Waals surface area (Å²) in [6.45, 7) is 3.04. The standard InChI is InChI=1S/C12H15NO3/c1-8(12(15)16)13-5-4-9-2-3-11(14)6-10(9)7-13/h2-3,6,8,14H,4-5,7H2,1H3,(H,15,16). The molecule has 4 heteroatoms. The fourth-order valence-corrected chi connectivity index (χ4v) is 2.05. The monoisotopic (exact) mass is 221 g/mol. The lowest BCUT2D eigenvalue weighted by atomic mass is 9.98. The second kappa shape index (κ2) is 4.14. The average molecular weight is 221 g/mol. The van der Waals surface area contributed by atoms with Gasteiger partial charge in [0.1, 0.15) is 11.8 Å². The number of nitrogens with zero attached hydrogens (tertiary/aromatic N) is 1. The van der Waals surface area contributed by atoms with Crippen LogP contribution in [0.3, 0.4) is 0 Å². The molecule has 86 valence electrons. The Labute approximate surface area is 94.1 Å². The molecule has 1 aliphatic rings. The van der Waals surface area contributed by atoms with Gasteiger partial charge in [0.15, 0.2) is 0 Å². The summed E-state index contributed by atoms with van der Waals surface area (Å²) in [5.41, 5.74) is 2.23. The van der Waals surface area contributed by atoms with Crippen LogP contribution in [0.4, 0.5) is 0 Å². The molecule has 16 heavy (non-hydrogen) atoms. The predicted molar refractivity (Wildman–Crippen MR) is 59.3 cm³/mol. The van der Waals surface area contributed by atoms with Gasteiger partial charge < -0.3 is 10.2 Å². The molecule has 0 spiro atoms. The van der Waals surface area contributed by atoms with Crippen LogP contribution in [-0.2, 0) is 17.8 Å². The molecule has 0 amide bonds. The Morgan fingerprint density at radius 2 is 2.19 bits per heavy atom. The van der Waals surface area contributed by atoms with Crippen molar-refractivity contribution in [2.75, 3.05) is 6.54 Å². The summed E-state index contributed by atoms with van der Waals surface area (Å²) >= 11 is 0. The second-order valence-electron chi connectivity index (χ2n) is 4.19. The van der Waals surface area contributed by atoms with Gasteiger partial charge in [-0.2, -0.15) is 0 Å². The number of phenolic OH excluding ortho intramolecular Hbond substituents is 1. The highest BCUT2D eigenvalue weighted by atomic mass is 16.4. The number of hydrogen-bond acceptors (Lipinski definition) is 3. The van der Waals surface area contributed by atoms with Crippen molar-refractivity contribution < 1.29 is 15.0 Å². The molecule has 1 aromatic carbocycles. The lowest BCUT2D eigenvalue weighted by Gasteiger charge is -2.31. The third-order valence-corrected chi connectivity index (χ3v) is 3.14. The van der Waals surface area contributed by atoms with Gasteiger partial charge in [-0.3, -0.25) is 9.69 Å². The normalized spacial score (nSPS) is 17.8. The highest BCUT2D eigenvalue weighted by molar-refractivity contribution is 5.72. The van der Waals surface area contributed by atoms with Crippen LogP contribution in [0.1, 0.15) is 18.1 Å². The summed E-state index contributed by atoms with van der Waals surface area (Å²) in [5.74, 6) is -0.563. The Balaban J connectivity index is 2.19. The van der Waals surface area contributed by atoms with Crippen molar-refractivity contribution in [3.05, 3.63) is 29.3 Å². The smallest absolute Gasteiger partial charge is 0.320 e. The largest absolute Gasteiger partial charge is 0.508 e. The Hall–Kier alpha value is -1.55. The van der Waals surface area contributed by atoms with Gasteiger partial charge in [0.2, 0.25) is 0 Å². The van der Waals surface area contributed by atoms with E-state index in [0.29, 0.717) is 6.54 Å². The van der Waals surface area contributed by atoms with E-state index in [1.165, 1.54) is 5.56 Å². The van der Waals surface area contributed by atoms with E-state index in [1.807, 2.05) is 11.0 Å². The van der Waals surface area contributed by atoms with Gasteiger partial charge in [0.25, 0.3) is 0 Å². The molecule has 2 rings (SSSR count). The van der Waals surface area contributed by atoms with Crippen LogP contribution in [0.15, 0.2) is 18.2 Å². The molecule has 1 heterocycles. The first-order chi connectivity index (χ1) is 7.58. The number of aliphatic carboxylic acids is 1. The van der Waals surface area contributed by atoms with Crippen molar-refractivity contribution >= 4 is 5.97 Å². The number of carboxylic acid groups (broad SMARTS) is 1. The Bertz CT molecular complexity index is 417. The number of carboxylic acids is 1. The van der Waals surface area contributed by atoms with Gasteiger partial charge in [-0.15, -0.1) is 0 Å². The average Bonchev–Trinajstić information content (AvgIpc) is 2.26. The molecule has 1 unspecified atom stereocenters. The van der Waals surface area contributed by atoms with Crippen molar-refractivity contribution in [2.45, 2.75) is 25.9 Å². The van der Waals surface area contributed by atoms with E-state index in [2.05, 4.69) is 0 Å². The van der Waals surface area contributed by atoms with E-state index in [4.69, 9.17) is 5.11 Å². The van der Waals surface area contributed by atoms with E-state index in [9.17, 15) is 9.90 Å². The van der Waals surface area contributed by atoms with Crippen molar-refractivity contribution in [2.24, 2.45) is 0 Å². The Morgan fingerprint density at radius 3 is 2.88 bits per heavy atom. The Morgan fingerprint density at radius 1 is 1.44 bits per heavy atom. The zero-order chi connectivity index (χ0) is 11.7. The number of carbonyl (C=O) groups is 1. The van der Waals surface area contributed by atoms with E-state index in [1.54, 1.807) is 19.1 Å². The quantitative estimate of drug-likeness (QED) is 0.788. The topological polar surface area (TPSA) is 60.8 Å². The van der Waals surface area contributed by atoms with Crippen LogP contribution in [0.5, 0.6) is 5.75 Å². The van der Waals surface area contributed by atoms with Crippen molar-refractivity contribution in [1.82, 2.24) is 4.90 Å². The molecule has 0 radical (unpaired) electrons. The molecular formula is C12H15NO3. The Kier molecular flexibility index (Phi) is 2.83. The van der Waals surface area contributed by atoms with E-state index < -0.39 is 12.0 Å². The van der Waals surface area contributed by atoms with Gasteiger partial charge in [0, 0.05) is 13.1 Å². The summed E-state index contributed by atoms with van der Waals surface area (Å²) < 4.78 is 0. The molecule has 1 atom stereocenters. The van der Waals surface area contributed by atoms with E-state index in [0.717, 1.165) is 18.5 Å². The van der Waals surface area contributed by atoms with Gasteiger partial charge in [-0.05, 0) is 36.6 Å². The van der Waals surface area contributed by atoms with Crippen LogP contribution < -0.4 is 0 Å². The highest BCUT2D eigenvalue weighted by Gasteiger charge is 2.24. The molecule has 1 aromatic rings. The summed E-state index contributed by atoms with van der Waals surface area (Å²) in [4.78, 5) is 12.8. The van der Waals surface area contributed by atoms with Crippen molar-refractivity contribution in [3.63, 3.8) is 0 Å². The molecule has 0 aliphatic carbocycles. The van der Waals surface area contributed by atoms with Gasteiger partial charge >= 0.3 is 5.97 Å². The van der Waals surface area contributed by atoms with Crippen LogP contribution in [0, 0.1) is 0 Å².